The summed E-state index contributed by atoms with van der Waals surface area (Å²) in [6, 6.07) is 20.4. The van der Waals surface area contributed by atoms with E-state index >= 15 is 0 Å². The molecule has 3 aromatic carbocycles. The first kappa shape index (κ1) is 27.8. The summed E-state index contributed by atoms with van der Waals surface area (Å²) < 4.78 is 33.9. The van der Waals surface area contributed by atoms with Crippen LogP contribution in [-0.4, -0.2) is 49.8 Å². The molecule has 1 aliphatic carbocycles. The average Bonchev–Trinajstić information content (AvgIpc) is 2.99. The largest absolute Gasteiger partial charge is 0.469 e. The summed E-state index contributed by atoms with van der Waals surface area (Å²) >= 11 is 0. The van der Waals surface area contributed by atoms with Crippen LogP contribution in [0.2, 0.25) is 0 Å². The van der Waals surface area contributed by atoms with E-state index in [9.17, 15) is 23.3 Å². The Morgan fingerprint density at radius 2 is 1.77 bits per heavy atom. The Balaban J connectivity index is 1.59. The minimum atomic E-state index is -4.42. The molecule has 4 atom stereocenters. The van der Waals surface area contributed by atoms with Gasteiger partial charge in [0.25, 0.3) is 5.91 Å². The number of sulfone groups is 1. The Hall–Kier alpha value is -3.74. The van der Waals surface area contributed by atoms with E-state index in [1.54, 1.807) is 41.3 Å². The molecule has 8 nitrogen and oxygen atoms in total. The van der Waals surface area contributed by atoms with Gasteiger partial charge in [0.1, 0.15) is 0 Å². The van der Waals surface area contributed by atoms with Crippen molar-refractivity contribution in [1.29, 1.82) is 5.26 Å². The number of ether oxygens (including phenoxy) is 1. The third kappa shape index (κ3) is 4.87. The summed E-state index contributed by atoms with van der Waals surface area (Å²) in [6.45, 7) is 0.212. The van der Waals surface area contributed by atoms with Crippen LogP contribution < -0.4 is 5.73 Å². The summed E-state index contributed by atoms with van der Waals surface area (Å²) in [5.41, 5.74) is 7.66. The van der Waals surface area contributed by atoms with Crippen LogP contribution in [0.15, 0.2) is 71.6 Å². The van der Waals surface area contributed by atoms with Gasteiger partial charge in [0.15, 0.2) is 0 Å². The highest BCUT2D eigenvalue weighted by atomic mass is 32.2. The molecule has 2 aliphatic rings. The number of piperidine rings is 1. The summed E-state index contributed by atoms with van der Waals surface area (Å²) in [7, 11) is -3.05. The maximum absolute atomic E-state index is 14.5. The standard InChI is InChI=1S/C31H33N3O5S/c1-39-29(35)27-15-16-34(28-12-5-4-11-26(27)28)30(36)31(33,19-21-7-6-8-22(17-21)20-32)40(37,38)25-14-13-23-9-2-3-10-24(23)18-25/h2-3,6-10,13-14,17-18,26-28H,4-5,11-12,15-16,19,33H2,1H3/t26?,27?,28?,31-/m1/s1. The monoisotopic (exact) mass is 559 g/mol. The Labute approximate surface area is 234 Å². The molecule has 0 radical (unpaired) electrons. The van der Waals surface area contributed by atoms with E-state index in [1.807, 2.05) is 24.3 Å². The minimum Gasteiger partial charge on any atom is -0.469 e. The molecule has 3 unspecified atom stereocenters. The Morgan fingerprint density at radius 3 is 2.52 bits per heavy atom. The minimum absolute atomic E-state index is 0.0388. The van der Waals surface area contributed by atoms with Crippen molar-refractivity contribution in [3.8, 4) is 6.07 Å². The molecule has 1 saturated heterocycles. The predicted molar refractivity (Wildman–Crippen MR) is 150 cm³/mol. The van der Waals surface area contributed by atoms with Crippen molar-refractivity contribution in [3.63, 3.8) is 0 Å². The number of hydrogen-bond donors (Lipinski definition) is 1. The van der Waals surface area contributed by atoms with E-state index in [4.69, 9.17) is 10.5 Å². The van der Waals surface area contributed by atoms with Crippen molar-refractivity contribution in [2.24, 2.45) is 17.6 Å². The van der Waals surface area contributed by atoms with Gasteiger partial charge in [-0.2, -0.15) is 5.26 Å². The van der Waals surface area contributed by atoms with Gasteiger partial charge in [-0.1, -0.05) is 55.3 Å². The maximum Gasteiger partial charge on any atom is 0.309 e. The number of carbonyl (C=O) groups is 2. The highest BCUT2D eigenvalue weighted by molar-refractivity contribution is 7.93. The number of esters is 1. The summed E-state index contributed by atoms with van der Waals surface area (Å²) in [5, 5.41) is 11.0. The number of likely N-dealkylation sites (tertiary alicyclic amines) is 1. The molecule has 0 bridgehead atoms. The zero-order valence-corrected chi connectivity index (χ0v) is 23.3. The van der Waals surface area contributed by atoms with Crippen LogP contribution in [0.3, 0.4) is 0 Å². The number of benzene rings is 3. The van der Waals surface area contributed by atoms with Crippen molar-refractivity contribution in [1.82, 2.24) is 4.90 Å². The van der Waals surface area contributed by atoms with E-state index < -0.39 is 20.6 Å². The number of hydrogen-bond acceptors (Lipinski definition) is 7. The quantitative estimate of drug-likeness (QED) is 0.452. The number of nitrogens with zero attached hydrogens (tertiary/aromatic N) is 2. The molecule has 1 heterocycles. The lowest BCUT2D eigenvalue weighted by molar-refractivity contribution is -0.157. The van der Waals surface area contributed by atoms with Gasteiger partial charge >= 0.3 is 5.97 Å². The SMILES string of the molecule is COC(=O)C1CCN(C(=O)[C@@](N)(Cc2cccc(C#N)c2)S(=O)(=O)c2ccc3ccccc3c2)C2CCCCC12. The van der Waals surface area contributed by atoms with Crippen molar-refractivity contribution in [2.45, 2.75) is 54.3 Å². The number of carbonyl (C=O) groups excluding carboxylic acids is 2. The molecule has 208 valence electrons. The van der Waals surface area contributed by atoms with E-state index in [0.29, 0.717) is 24.0 Å². The third-order valence-corrected chi connectivity index (χ3v) is 10.7. The van der Waals surface area contributed by atoms with Crippen molar-refractivity contribution in [3.05, 3.63) is 77.9 Å². The van der Waals surface area contributed by atoms with Crippen LogP contribution in [0, 0.1) is 23.2 Å². The molecule has 1 amide bonds. The van der Waals surface area contributed by atoms with Crippen LogP contribution in [0.25, 0.3) is 10.8 Å². The van der Waals surface area contributed by atoms with Gasteiger partial charge in [0, 0.05) is 19.0 Å². The number of nitrogens with two attached hydrogens (primary N) is 1. The van der Waals surface area contributed by atoms with E-state index in [2.05, 4.69) is 6.07 Å². The van der Waals surface area contributed by atoms with Gasteiger partial charge in [-0.3, -0.25) is 9.59 Å². The zero-order chi connectivity index (χ0) is 28.5. The lowest BCUT2D eigenvalue weighted by atomic mass is 9.71. The lowest BCUT2D eigenvalue weighted by Crippen LogP contribution is -2.66. The van der Waals surface area contributed by atoms with Crippen LogP contribution in [0.5, 0.6) is 0 Å². The number of amides is 1. The van der Waals surface area contributed by atoms with Gasteiger partial charge < -0.3 is 15.4 Å². The zero-order valence-electron chi connectivity index (χ0n) is 22.5. The molecular formula is C31H33N3O5S. The molecule has 40 heavy (non-hydrogen) atoms. The van der Waals surface area contributed by atoms with Crippen LogP contribution in [-0.2, 0) is 30.6 Å². The molecule has 3 aromatic rings. The van der Waals surface area contributed by atoms with Crippen LogP contribution in [0.4, 0.5) is 0 Å². The van der Waals surface area contributed by atoms with Crippen molar-refractivity contribution < 1.29 is 22.7 Å². The highest BCUT2D eigenvalue weighted by Gasteiger charge is 2.54. The fourth-order valence-corrected chi connectivity index (χ4v) is 8.13. The topological polar surface area (TPSA) is 131 Å². The number of methoxy groups -OCH3 is 1. The molecule has 5 rings (SSSR count). The summed E-state index contributed by atoms with van der Waals surface area (Å²) in [5.74, 6) is -1.42. The second-order valence-corrected chi connectivity index (χ2v) is 13.0. The number of rotatable bonds is 6. The van der Waals surface area contributed by atoms with Crippen LogP contribution in [0.1, 0.15) is 43.2 Å². The molecule has 1 saturated carbocycles. The van der Waals surface area contributed by atoms with E-state index in [1.165, 1.54) is 13.2 Å². The fraction of sp³-hybridized carbons (Fsp3) is 0.387. The summed E-state index contributed by atoms with van der Waals surface area (Å²) in [6.07, 6.45) is 3.31. The molecular weight excluding hydrogens is 526 g/mol. The predicted octanol–water partition coefficient (Wildman–Crippen LogP) is 3.96. The normalized spacial score (nSPS) is 22.5. The first-order valence-electron chi connectivity index (χ1n) is 13.6. The molecule has 2 fully saturated rings. The number of fused-ring (bicyclic) bond motifs is 2. The Bertz CT molecular complexity index is 1600. The summed E-state index contributed by atoms with van der Waals surface area (Å²) in [4.78, 5) is 26.3. The maximum atomic E-state index is 14.5. The van der Waals surface area contributed by atoms with Crippen molar-refractivity contribution >= 4 is 32.5 Å². The van der Waals surface area contributed by atoms with Gasteiger partial charge in [-0.05, 0) is 65.8 Å². The van der Waals surface area contributed by atoms with Gasteiger partial charge in [0.2, 0.25) is 14.7 Å². The second kappa shape index (κ2) is 11.0. The first-order chi connectivity index (χ1) is 19.2. The average molecular weight is 560 g/mol. The molecule has 1 aliphatic heterocycles. The van der Waals surface area contributed by atoms with E-state index in [-0.39, 0.29) is 41.7 Å². The van der Waals surface area contributed by atoms with Gasteiger partial charge in [-0.15, -0.1) is 0 Å². The Kier molecular flexibility index (Phi) is 7.67. The second-order valence-electron chi connectivity index (χ2n) is 10.8. The van der Waals surface area contributed by atoms with Gasteiger partial charge in [0.05, 0.1) is 29.6 Å². The molecule has 0 spiro atoms. The lowest BCUT2D eigenvalue weighted by Gasteiger charge is -2.49. The first-order valence-corrected chi connectivity index (χ1v) is 15.1. The number of nitriles is 1. The van der Waals surface area contributed by atoms with Crippen LogP contribution >= 0.6 is 0 Å². The third-order valence-electron chi connectivity index (χ3n) is 8.54. The molecule has 2 N–H and O–H groups in total. The smallest absolute Gasteiger partial charge is 0.309 e. The van der Waals surface area contributed by atoms with E-state index in [0.717, 1.165) is 30.0 Å². The fourth-order valence-electron chi connectivity index (χ4n) is 6.48. The Morgan fingerprint density at radius 1 is 1.02 bits per heavy atom. The van der Waals surface area contributed by atoms with Crippen molar-refractivity contribution in [2.75, 3.05) is 13.7 Å². The molecule has 0 aromatic heterocycles. The highest BCUT2D eigenvalue weighted by Crippen LogP contribution is 2.41. The van der Waals surface area contributed by atoms with Gasteiger partial charge in [-0.25, -0.2) is 8.42 Å². The molecule has 9 heteroatoms.